The van der Waals surface area contributed by atoms with Crippen LogP contribution in [0, 0.1) is 5.92 Å². The number of benzene rings is 1. The molecule has 136 valence electrons. The Kier molecular flexibility index (Phi) is 8.16. The van der Waals surface area contributed by atoms with Crippen molar-refractivity contribution in [3.8, 4) is 0 Å². The minimum Gasteiger partial charge on any atom is -0.481 e. The van der Waals surface area contributed by atoms with Crippen LogP contribution in [0.2, 0.25) is 18.1 Å². The van der Waals surface area contributed by atoms with Gasteiger partial charge in [-0.3, -0.25) is 4.79 Å². The number of carboxylic acids is 1. The second-order valence-electron chi connectivity index (χ2n) is 8.03. The molecule has 0 saturated heterocycles. The summed E-state index contributed by atoms with van der Waals surface area (Å²) in [5, 5.41) is 9.17. The fraction of sp³-hybridized carbons (Fsp3) is 0.632. The van der Waals surface area contributed by atoms with Crippen LogP contribution in [-0.4, -0.2) is 26.0 Å². The molecular weight excluding hydrogens is 384 g/mol. The van der Waals surface area contributed by atoms with Crippen molar-refractivity contribution in [1.82, 2.24) is 0 Å². The van der Waals surface area contributed by atoms with Crippen molar-refractivity contribution in [1.29, 1.82) is 0 Å². The lowest BCUT2D eigenvalue weighted by molar-refractivity contribution is -0.137. The van der Waals surface area contributed by atoms with Gasteiger partial charge in [0.25, 0.3) is 0 Å². The molecule has 0 aromatic heterocycles. The average molecular weight is 415 g/mol. The smallest absolute Gasteiger partial charge is 0.303 e. The van der Waals surface area contributed by atoms with E-state index in [1.165, 1.54) is 5.56 Å². The molecule has 1 N–H and O–H groups in total. The molecule has 1 aromatic rings. The first-order valence-electron chi connectivity index (χ1n) is 8.61. The van der Waals surface area contributed by atoms with E-state index in [2.05, 4.69) is 61.9 Å². The van der Waals surface area contributed by atoms with Gasteiger partial charge in [-0.25, -0.2) is 0 Å². The molecule has 0 aliphatic heterocycles. The number of carboxylic acid groups (broad SMARTS) is 1. The fourth-order valence-electron chi connectivity index (χ4n) is 2.20. The van der Waals surface area contributed by atoms with Gasteiger partial charge in [-0.1, -0.05) is 48.8 Å². The zero-order chi connectivity index (χ0) is 18.4. The summed E-state index contributed by atoms with van der Waals surface area (Å²) in [5.74, 6) is -0.435. The van der Waals surface area contributed by atoms with E-state index >= 15 is 0 Å². The van der Waals surface area contributed by atoms with E-state index in [9.17, 15) is 4.79 Å². The number of halogens is 1. The molecule has 24 heavy (non-hydrogen) atoms. The van der Waals surface area contributed by atoms with Crippen molar-refractivity contribution >= 4 is 30.2 Å². The van der Waals surface area contributed by atoms with E-state index in [1.807, 2.05) is 12.1 Å². The summed E-state index contributed by atoms with van der Waals surface area (Å²) in [6, 6.07) is 8.33. The second kappa shape index (κ2) is 9.16. The molecule has 0 saturated carbocycles. The summed E-state index contributed by atoms with van der Waals surface area (Å²) in [6.45, 7) is 11.8. The number of carbonyl (C=O) groups is 1. The molecule has 0 spiro atoms. The Labute approximate surface area is 156 Å². The van der Waals surface area contributed by atoms with Crippen LogP contribution < -0.4 is 0 Å². The van der Waals surface area contributed by atoms with Gasteiger partial charge in [0.1, 0.15) is 0 Å². The van der Waals surface area contributed by atoms with Crippen molar-refractivity contribution in [2.75, 3.05) is 6.61 Å². The van der Waals surface area contributed by atoms with Crippen LogP contribution in [0.25, 0.3) is 0 Å². The van der Waals surface area contributed by atoms with Crippen LogP contribution in [0.5, 0.6) is 0 Å². The van der Waals surface area contributed by atoms with Gasteiger partial charge < -0.3 is 9.53 Å². The van der Waals surface area contributed by atoms with Gasteiger partial charge in [0.2, 0.25) is 0 Å². The van der Waals surface area contributed by atoms with Gasteiger partial charge in [0, 0.05) is 17.5 Å². The van der Waals surface area contributed by atoms with E-state index in [-0.39, 0.29) is 11.5 Å². The zero-order valence-corrected chi connectivity index (χ0v) is 18.1. The molecule has 1 aromatic carbocycles. The molecule has 1 rings (SSSR count). The lowest BCUT2D eigenvalue weighted by Crippen LogP contribution is -2.42. The summed E-state index contributed by atoms with van der Waals surface area (Å²) in [7, 11) is -1.79. The van der Waals surface area contributed by atoms with Gasteiger partial charge in [-0.2, -0.15) is 0 Å². The molecular formula is C19H31BrO3Si. The van der Waals surface area contributed by atoms with Crippen molar-refractivity contribution in [2.45, 2.75) is 64.6 Å². The third-order valence-electron chi connectivity index (χ3n) is 5.01. The minimum atomic E-state index is -1.79. The largest absolute Gasteiger partial charge is 0.481 e. The SMILES string of the molecule is CC(C)(C)[Si](C)(C)OCC(CCC(=O)O)CCc1ccc(Br)cc1. The van der Waals surface area contributed by atoms with Crippen LogP contribution in [0.3, 0.4) is 0 Å². The van der Waals surface area contributed by atoms with Gasteiger partial charge in [-0.05, 0) is 61.0 Å². The topological polar surface area (TPSA) is 46.5 Å². The predicted molar refractivity (Wildman–Crippen MR) is 106 cm³/mol. The number of aliphatic carboxylic acids is 1. The molecule has 5 heteroatoms. The molecule has 1 unspecified atom stereocenters. The maximum absolute atomic E-state index is 10.9. The number of aryl methyl sites for hydroxylation is 1. The number of hydrogen-bond donors (Lipinski definition) is 1. The Morgan fingerprint density at radius 1 is 1.21 bits per heavy atom. The first-order chi connectivity index (χ1) is 11.0. The lowest BCUT2D eigenvalue weighted by atomic mass is 9.96. The minimum absolute atomic E-state index is 0.177. The van der Waals surface area contributed by atoms with Crippen molar-refractivity contribution in [2.24, 2.45) is 5.92 Å². The summed E-state index contributed by atoms with van der Waals surface area (Å²) < 4.78 is 7.41. The molecule has 0 aliphatic carbocycles. The van der Waals surface area contributed by atoms with Gasteiger partial charge in [0.15, 0.2) is 8.32 Å². The molecule has 0 heterocycles. The molecule has 0 aliphatic rings. The van der Waals surface area contributed by atoms with Crippen molar-refractivity contribution in [3.05, 3.63) is 34.3 Å². The molecule has 3 nitrogen and oxygen atoms in total. The Hall–Kier alpha value is -0.653. The summed E-state index contributed by atoms with van der Waals surface area (Å²) >= 11 is 3.45. The van der Waals surface area contributed by atoms with Crippen LogP contribution in [-0.2, 0) is 15.6 Å². The molecule has 0 amide bonds. The van der Waals surface area contributed by atoms with Gasteiger partial charge in [-0.15, -0.1) is 0 Å². The Bertz CT molecular complexity index is 520. The van der Waals surface area contributed by atoms with E-state index in [1.54, 1.807) is 0 Å². The average Bonchev–Trinajstić information content (AvgIpc) is 2.46. The zero-order valence-electron chi connectivity index (χ0n) is 15.6. The van der Waals surface area contributed by atoms with Crippen molar-refractivity contribution in [3.63, 3.8) is 0 Å². The van der Waals surface area contributed by atoms with Crippen molar-refractivity contribution < 1.29 is 14.3 Å². The quantitative estimate of drug-likeness (QED) is 0.512. The Morgan fingerprint density at radius 2 is 1.79 bits per heavy atom. The first kappa shape index (κ1) is 21.4. The highest BCUT2D eigenvalue weighted by atomic mass is 79.9. The third-order valence-corrected chi connectivity index (χ3v) is 10.0. The van der Waals surface area contributed by atoms with Crippen LogP contribution in [0.1, 0.15) is 45.6 Å². The monoisotopic (exact) mass is 414 g/mol. The van der Waals surface area contributed by atoms with Crippen LogP contribution in [0.15, 0.2) is 28.7 Å². The van der Waals surface area contributed by atoms with E-state index in [0.29, 0.717) is 18.9 Å². The van der Waals surface area contributed by atoms with Gasteiger partial charge in [0.05, 0.1) is 0 Å². The van der Waals surface area contributed by atoms with Crippen LogP contribution in [0.4, 0.5) is 0 Å². The normalized spacial score (nSPS) is 13.8. The highest BCUT2D eigenvalue weighted by Gasteiger charge is 2.37. The molecule has 1 atom stereocenters. The lowest BCUT2D eigenvalue weighted by Gasteiger charge is -2.37. The highest BCUT2D eigenvalue weighted by molar-refractivity contribution is 9.10. The van der Waals surface area contributed by atoms with Gasteiger partial charge >= 0.3 is 5.97 Å². The molecule has 0 fully saturated rings. The van der Waals surface area contributed by atoms with E-state index in [0.717, 1.165) is 17.3 Å². The third kappa shape index (κ3) is 7.49. The second-order valence-corrected chi connectivity index (χ2v) is 13.8. The highest BCUT2D eigenvalue weighted by Crippen LogP contribution is 2.37. The summed E-state index contributed by atoms with van der Waals surface area (Å²) in [5.41, 5.74) is 1.28. The predicted octanol–water partition coefficient (Wildman–Crippen LogP) is 5.88. The van der Waals surface area contributed by atoms with Crippen LogP contribution >= 0.6 is 15.9 Å². The maximum Gasteiger partial charge on any atom is 0.303 e. The molecule has 0 bridgehead atoms. The summed E-state index contributed by atoms with van der Waals surface area (Å²) in [6.07, 6.45) is 2.81. The number of rotatable bonds is 9. The first-order valence-corrected chi connectivity index (χ1v) is 12.3. The number of hydrogen-bond acceptors (Lipinski definition) is 2. The summed E-state index contributed by atoms with van der Waals surface area (Å²) in [4.78, 5) is 10.9. The fourth-order valence-corrected chi connectivity index (χ4v) is 3.55. The maximum atomic E-state index is 10.9. The molecule has 0 radical (unpaired) electrons. The Balaban J connectivity index is 2.62. The standard InChI is InChI=1S/C19H31BrO3Si/c1-19(2,3)24(4,5)23-14-16(10-13-18(21)22)7-6-15-8-11-17(20)12-9-15/h8-9,11-12,16H,6-7,10,13-14H2,1-5H3,(H,21,22). The van der Waals surface area contributed by atoms with E-state index in [4.69, 9.17) is 9.53 Å². The Morgan fingerprint density at radius 3 is 2.29 bits per heavy atom. The van der Waals surface area contributed by atoms with E-state index < -0.39 is 14.3 Å².